The molecule has 0 amide bonds. The zero-order valence-corrected chi connectivity index (χ0v) is 13.4. The first-order valence-electron chi connectivity index (χ1n) is 7.70. The highest BCUT2D eigenvalue weighted by atomic mass is 35.5. The van der Waals surface area contributed by atoms with Crippen LogP contribution in [0.5, 0.6) is 5.88 Å². The Morgan fingerprint density at radius 1 is 1.33 bits per heavy atom. The van der Waals surface area contributed by atoms with Gasteiger partial charge in [0.25, 0.3) is 0 Å². The second-order valence-corrected chi connectivity index (χ2v) is 6.34. The Morgan fingerprint density at radius 2 is 2.19 bits per heavy atom. The van der Waals surface area contributed by atoms with E-state index in [1.165, 1.54) is 25.7 Å². The Hall–Kier alpha value is -1.29. The molecule has 2 aromatic rings. The van der Waals surface area contributed by atoms with Gasteiger partial charge in [-0.2, -0.15) is 4.98 Å². The Labute approximate surface area is 130 Å². The number of hydrogen-bond acceptors (Lipinski definition) is 3. The van der Waals surface area contributed by atoms with Crippen molar-refractivity contribution in [2.75, 3.05) is 13.0 Å². The quantitative estimate of drug-likeness (QED) is 0.802. The maximum atomic E-state index is 5.96. The fraction of sp³-hybridized carbons (Fsp3) is 0.625. The van der Waals surface area contributed by atoms with Crippen LogP contribution in [0.1, 0.15) is 44.5 Å². The molecule has 1 fully saturated rings. The Balaban J connectivity index is 2.09. The number of fused-ring (bicyclic) bond motifs is 1. The van der Waals surface area contributed by atoms with Gasteiger partial charge >= 0.3 is 0 Å². The molecule has 114 valence electrons. The summed E-state index contributed by atoms with van der Waals surface area (Å²) < 4.78 is 7.59. The molecule has 2 atom stereocenters. The van der Waals surface area contributed by atoms with Crippen molar-refractivity contribution < 1.29 is 4.74 Å². The highest BCUT2D eigenvalue weighted by molar-refractivity contribution is 6.17. The van der Waals surface area contributed by atoms with E-state index in [2.05, 4.69) is 16.5 Å². The van der Waals surface area contributed by atoms with Gasteiger partial charge in [-0.05, 0) is 24.8 Å². The van der Waals surface area contributed by atoms with Crippen LogP contribution in [-0.2, 0) is 6.42 Å². The minimum absolute atomic E-state index is 0.483. The van der Waals surface area contributed by atoms with Crippen molar-refractivity contribution in [3.63, 3.8) is 0 Å². The molecule has 0 aromatic carbocycles. The van der Waals surface area contributed by atoms with E-state index in [0.717, 1.165) is 29.3 Å². The molecule has 21 heavy (non-hydrogen) atoms. The molecule has 1 saturated carbocycles. The van der Waals surface area contributed by atoms with Crippen LogP contribution in [0.15, 0.2) is 12.1 Å². The lowest BCUT2D eigenvalue weighted by Crippen LogP contribution is -2.20. The summed E-state index contributed by atoms with van der Waals surface area (Å²) in [5.41, 5.74) is 1.88. The van der Waals surface area contributed by atoms with E-state index in [-0.39, 0.29) is 0 Å². The van der Waals surface area contributed by atoms with Crippen molar-refractivity contribution in [3.8, 4) is 5.88 Å². The predicted octanol–water partition coefficient (Wildman–Crippen LogP) is 3.97. The number of alkyl halides is 1. The standard InChI is InChI=1S/C16H22ClN3O/c1-11-4-3-5-12(10-11)20-14(8-9-17)18-13-6-7-15(21-2)19-16(13)20/h6-7,11-12H,3-5,8-10H2,1-2H3. The molecule has 4 nitrogen and oxygen atoms in total. The van der Waals surface area contributed by atoms with Crippen molar-refractivity contribution in [1.29, 1.82) is 0 Å². The lowest BCUT2D eigenvalue weighted by atomic mass is 9.87. The van der Waals surface area contributed by atoms with Crippen LogP contribution in [0.2, 0.25) is 0 Å². The first-order valence-corrected chi connectivity index (χ1v) is 8.24. The van der Waals surface area contributed by atoms with Gasteiger partial charge < -0.3 is 9.30 Å². The SMILES string of the molecule is COc1ccc2nc(CCCl)n(C3CCCC(C)C3)c2n1. The van der Waals surface area contributed by atoms with Crippen LogP contribution in [0.25, 0.3) is 11.2 Å². The van der Waals surface area contributed by atoms with Crippen LogP contribution in [0.3, 0.4) is 0 Å². The number of pyridine rings is 1. The number of aromatic nitrogens is 3. The smallest absolute Gasteiger partial charge is 0.215 e. The fourth-order valence-electron chi connectivity index (χ4n) is 3.40. The van der Waals surface area contributed by atoms with Gasteiger partial charge in [0.2, 0.25) is 5.88 Å². The van der Waals surface area contributed by atoms with E-state index in [4.69, 9.17) is 21.3 Å². The van der Waals surface area contributed by atoms with Crippen LogP contribution < -0.4 is 4.74 Å². The van der Waals surface area contributed by atoms with Gasteiger partial charge in [-0.3, -0.25) is 0 Å². The van der Waals surface area contributed by atoms with Crippen LogP contribution in [-0.4, -0.2) is 27.5 Å². The van der Waals surface area contributed by atoms with Gasteiger partial charge in [0.05, 0.1) is 7.11 Å². The molecule has 0 N–H and O–H groups in total. The molecule has 2 aromatic heterocycles. The van der Waals surface area contributed by atoms with Gasteiger partial charge in [-0.15, -0.1) is 11.6 Å². The average Bonchev–Trinajstić information content (AvgIpc) is 2.84. The monoisotopic (exact) mass is 307 g/mol. The average molecular weight is 308 g/mol. The molecule has 5 heteroatoms. The molecule has 0 bridgehead atoms. The number of hydrogen-bond donors (Lipinski definition) is 0. The molecule has 2 unspecified atom stereocenters. The summed E-state index contributed by atoms with van der Waals surface area (Å²) in [6, 6.07) is 4.34. The molecular formula is C16H22ClN3O. The second-order valence-electron chi connectivity index (χ2n) is 5.96. The van der Waals surface area contributed by atoms with E-state index in [0.29, 0.717) is 17.8 Å². The Bertz CT molecular complexity index is 625. The maximum Gasteiger partial charge on any atom is 0.215 e. The number of nitrogens with zero attached hydrogens (tertiary/aromatic N) is 3. The molecule has 3 rings (SSSR count). The van der Waals surface area contributed by atoms with Gasteiger partial charge in [-0.1, -0.05) is 19.8 Å². The number of halogens is 1. The van der Waals surface area contributed by atoms with E-state index >= 15 is 0 Å². The van der Waals surface area contributed by atoms with Gasteiger partial charge in [0.1, 0.15) is 11.3 Å². The van der Waals surface area contributed by atoms with E-state index in [1.54, 1.807) is 7.11 Å². The molecule has 0 spiro atoms. The first kappa shape index (κ1) is 14.6. The number of imidazole rings is 1. The summed E-state index contributed by atoms with van der Waals surface area (Å²) in [6.45, 7) is 2.33. The zero-order valence-electron chi connectivity index (χ0n) is 12.7. The molecular weight excluding hydrogens is 286 g/mol. The summed E-state index contributed by atoms with van der Waals surface area (Å²) in [5, 5.41) is 0. The normalized spacial score (nSPS) is 22.6. The minimum Gasteiger partial charge on any atom is -0.481 e. The molecule has 0 saturated heterocycles. The van der Waals surface area contributed by atoms with Crippen molar-refractivity contribution >= 4 is 22.8 Å². The maximum absolute atomic E-state index is 5.96. The topological polar surface area (TPSA) is 39.9 Å². The minimum atomic E-state index is 0.483. The van der Waals surface area contributed by atoms with Crippen molar-refractivity contribution in [2.45, 2.75) is 45.1 Å². The van der Waals surface area contributed by atoms with Gasteiger partial charge in [-0.25, -0.2) is 4.98 Å². The van der Waals surface area contributed by atoms with Crippen LogP contribution in [0.4, 0.5) is 0 Å². The first-order chi connectivity index (χ1) is 10.2. The zero-order chi connectivity index (χ0) is 14.8. The summed E-state index contributed by atoms with van der Waals surface area (Å²) in [7, 11) is 1.65. The number of rotatable bonds is 4. The van der Waals surface area contributed by atoms with E-state index in [1.807, 2.05) is 12.1 Å². The number of methoxy groups -OCH3 is 1. The largest absolute Gasteiger partial charge is 0.481 e. The van der Waals surface area contributed by atoms with Crippen molar-refractivity contribution in [3.05, 3.63) is 18.0 Å². The third kappa shape index (κ3) is 2.86. The molecule has 0 radical (unpaired) electrons. The highest BCUT2D eigenvalue weighted by Crippen LogP contribution is 2.35. The third-order valence-corrected chi connectivity index (χ3v) is 4.57. The Kier molecular flexibility index (Phi) is 4.34. The van der Waals surface area contributed by atoms with E-state index < -0.39 is 0 Å². The summed E-state index contributed by atoms with van der Waals surface area (Å²) in [6.07, 6.45) is 5.77. The summed E-state index contributed by atoms with van der Waals surface area (Å²) in [4.78, 5) is 9.37. The van der Waals surface area contributed by atoms with Gasteiger partial charge in [0, 0.05) is 24.4 Å². The van der Waals surface area contributed by atoms with Crippen molar-refractivity contribution in [1.82, 2.24) is 14.5 Å². The van der Waals surface area contributed by atoms with E-state index in [9.17, 15) is 0 Å². The molecule has 1 aliphatic rings. The van der Waals surface area contributed by atoms with Crippen LogP contribution in [0, 0.1) is 5.92 Å². The second kappa shape index (κ2) is 6.22. The third-order valence-electron chi connectivity index (χ3n) is 4.39. The lowest BCUT2D eigenvalue weighted by Gasteiger charge is -2.29. The number of aryl methyl sites for hydroxylation is 1. The van der Waals surface area contributed by atoms with Crippen molar-refractivity contribution in [2.24, 2.45) is 5.92 Å². The lowest BCUT2D eigenvalue weighted by molar-refractivity contribution is 0.281. The summed E-state index contributed by atoms with van der Waals surface area (Å²) in [5.74, 6) is 3.04. The van der Waals surface area contributed by atoms with Gasteiger partial charge in [0.15, 0.2) is 5.65 Å². The summed E-state index contributed by atoms with van der Waals surface area (Å²) >= 11 is 5.96. The predicted molar refractivity (Wildman–Crippen MR) is 85.2 cm³/mol. The highest BCUT2D eigenvalue weighted by Gasteiger charge is 2.25. The fourth-order valence-corrected chi connectivity index (χ4v) is 3.57. The molecule has 2 heterocycles. The van der Waals surface area contributed by atoms with Crippen LogP contribution >= 0.6 is 11.6 Å². The molecule has 1 aliphatic carbocycles. The number of ether oxygens (including phenoxy) is 1. The molecule has 0 aliphatic heterocycles. The Morgan fingerprint density at radius 3 is 2.90 bits per heavy atom.